The Morgan fingerprint density at radius 1 is 1.10 bits per heavy atom. The molecular formula is C23H31N3O4. The Morgan fingerprint density at radius 2 is 1.87 bits per heavy atom. The number of rotatable bonds is 5. The van der Waals surface area contributed by atoms with Crippen molar-refractivity contribution in [3.05, 3.63) is 34.2 Å². The average Bonchev–Trinajstić information content (AvgIpc) is 3.37. The van der Waals surface area contributed by atoms with Gasteiger partial charge in [0.2, 0.25) is 11.8 Å². The maximum Gasteiger partial charge on any atom is 0.250 e. The van der Waals surface area contributed by atoms with Crippen molar-refractivity contribution >= 4 is 11.8 Å². The minimum atomic E-state index is -0.665. The van der Waals surface area contributed by atoms with E-state index in [0.29, 0.717) is 18.9 Å². The van der Waals surface area contributed by atoms with Crippen LogP contribution in [0.2, 0.25) is 0 Å². The van der Waals surface area contributed by atoms with Gasteiger partial charge in [0.1, 0.15) is 6.04 Å². The molecule has 4 aliphatic rings. The van der Waals surface area contributed by atoms with Crippen LogP contribution in [-0.4, -0.2) is 45.1 Å². The van der Waals surface area contributed by atoms with Crippen molar-refractivity contribution in [2.24, 2.45) is 17.8 Å². The number of carbonyl (C=O) groups is 2. The van der Waals surface area contributed by atoms with E-state index >= 15 is 0 Å². The molecule has 4 atom stereocenters. The molecule has 3 fully saturated rings. The summed E-state index contributed by atoms with van der Waals surface area (Å²) in [4.78, 5) is 40.9. The Kier molecular flexibility index (Phi) is 5.17. The second-order valence-corrected chi connectivity index (χ2v) is 9.59. The number of likely N-dealkylation sites (tertiary alicyclic amines) is 1. The quantitative estimate of drug-likeness (QED) is 0.767. The van der Waals surface area contributed by atoms with Crippen molar-refractivity contribution in [3.8, 4) is 0 Å². The summed E-state index contributed by atoms with van der Waals surface area (Å²) in [5.74, 6) is -0.219. The lowest BCUT2D eigenvalue weighted by Crippen LogP contribution is -2.52. The number of pyridine rings is 1. The second-order valence-electron chi connectivity index (χ2n) is 9.59. The molecule has 2 saturated carbocycles. The summed E-state index contributed by atoms with van der Waals surface area (Å²) in [6, 6.07) is 4.32. The number of aromatic nitrogens is 1. The number of aliphatic hydroxyl groups is 1. The highest BCUT2D eigenvalue weighted by molar-refractivity contribution is 5.89. The molecule has 1 saturated heterocycles. The molecule has 7 nitrogen and oxygen atoms in total. The van der Waals surface area contributed by atoms with Gasteiger partial charge < -0.3 is 19.9 Å². The zero-order valence-electron chi connectivity index (χ0n) is 17.3. The van der Waals surface area contributed by atoms with Crippen LogP contribution in [0.25, 0.3) is 0 Å². The van der Waals surface area contributed by atoms with Gasteiger partial charge in [-0.05, 0) is 37.7 Å². The van der Waals surface area contributed by atoms with E-state index < -0.39 is 6.04 Å². The molecule has 162 valence electrons. The number of nitrogens with one attached hydrogen (secondary N) is 1. The number of hydrogen-bond donors (Lipinski definition) is 2. The maximum atomic E-state index is 13.4. The van der Waals surface area contributed by atoms with Crippen LogP contribution in [0.5, 0.6) is 0 Å². The summed E-state index contributed by atoms with van der Waals surface area (Å²) in [5, 5.41) is 13.5. The van der Waals surface area contributed by atoms with Gasteiger partial charge >= 0.3 is 0 Å². The lowest BCUT2D eigenvalue weighted by molar-refractivity contribution is -0.142. The number of aliphatic hydroxyl groups excluding tert-OH is 1. The van der Waals surface area contributed by atoms with Gasteiger partial charge in [0.05, 0.1) is 6.04 Å². The molecule has 2 N–H and O–H groups in total. The van der Waals surface area contributed by atoms with Crippen molar-refractivity contribution in [2.75, 3.05) is 6.61 Å². The van der Waals surface area contributed by atoms with Gasteiger partial charge in [0.25, 0.3) is 5.56 Å². The molecule has 5 rings (SSSR count). The molecule has 1 aromatic heterocycles. The molecule has 0 aromatic carbocycles. The SMILES string of the molecule is O=C(NC1CCCCC1)[C@@H]1[C@@H](CO)[C@@H]2Cn3c(cccc3=O)[C@@H]2N1C(=O)CC1CC1. The van der Waals surface area contributed by atoms with E-state index in [4.69, 9.17) is 0 Å². The maximum absolute atomic E-state index is 13.4. The Balaban J connectivity index is 1.48. The Hall–Kier alpha value is -2.15. The van der Waals surface area contributed by atoms with E-state index in [9.17, 15) is 19.5 Å². The number of fused-ring (bicyclic) bond motifs is 3. The molecule has 2 amide bonds. The van der Waals surface area contributed by atoms with E-state index in [1.165, 1.54) is 12.5 Å². The zero-order valence-corrected chi connectivity index (χ0v) is 17.3. The summed E-state index contributed by atoms with van der Waals surface area (Å²) >= 11 is 0. The second kappa shape index (κ2) is 7.84. The van der Waals surface area contributed by atoms with Crippen LogP contribution in [0, 0.1) is 17.8 Å². The number of carbonyl (C=O) groups excluding carboxylic acids is 2. The third-order valence-electron chi connectivity index (χ3n) is 7.62. The van der Waals surface area contributed by atoms with E-state index in [0.717, 1.165) is 44.2 Å². The number of amides is 2. The first-order chi connectivity index (χ1) is 14.6. The van der Waals surface area contributed by atoms with Crippen molar-refractivity contribution in [1.82, 2.24) is 14.8 Å². The molecule has 30 heavy (non-hydrogen) atoms. The van der Waals surface area contributed by atoms with Crippen molar-refractivity contribution in [1.29, 1.82) is 0 Å². The van der Waals surface area contributed by atoms with E-state index in [2.05, 4.69) is 5.32 Å². The zero-order chi connectivity index (χ0) is 20.8. The number of nitrogens with zero attached hydrogens (tertiary/aromatic N) is 2. The van der Waals surface area contributed by atoms with Crippen LogP contribution in [0.15, 0.2) is 23.0 Å². The minimum absolute atomic E-state index is 0.0167. The van der Waals surface area contributed by atoms with E-state index in [-0.39, 0.29) is 47.9 Å². The van der Waals surface area contributed by atoms with Crippen LogP contribution in [-0.2, 0) is 16.1 Å². The van der Waals surface area contributed by atoms with Gasteiger partial charge in [-0.25, -0.2) is 0 Å². The van der Waals surface area contributed by atoms with Gasteiger partial charge in [-0.15, -0.1) is 0 Å². The standard InChI is InChI=1S/C23H31N3O4/c27-13-17-16-12-25-18(7-4-8-19(25)28)21(16)26(20(29)11-14-9-10-14)22(17)23(30)24-15-5-2-1-3-6-15/h4,7-8,14-17,21-22,27H,1-3,5-6,9-13H2,(H,24,30)/t16-,17-,21+,22-/m0/s1. The largest absolute Gasteiger partial charge is 0.396 e. The monoisotopic (exact) mass is 413 g/mol. The molecule has 0 spiro atoms. The topological polar surface area (TPSA) is 91.6 Å². The number of hydrogen-bond acceptors (Lipinski definition) is 4. The first kappa shape index (κ1) is 19.8. The molecular weight excluding hydrogens is 382 g/mol. The van der Waals surface area contributed by atoms with Crippen molar-refractivity contribution in [3.63, 3.8) is 0 Å². The molecule has 0 radical (unpaired) electrons. The Morgan fingerprint density at radius 3 is 2.57 bits per heavy atom. The third-order valence-corrected chi connectivity index (χ3v) is 7.62. The van der Waals surface area contributed by atoms with Gasteiger partial charge in [-0.2, -0.15) is 0 Å². The van der Waals surface area contributed by atoms with Crippen LogP contribution in [0.4, 0.5) is 0 Å². The van der Waals surface area contributed by atoms with Gasteiger partial charge in [0, 0.05) is 49.2 Å². The highest BCUT2D eigenvalue weighted by Gasteiger charge is 2.57. The predicted octanol–water partition coefficient (Wildman–Crippen LogP) is 1.59. The fourth-order valence-corrected chi connectivity index (χ4v) is 5.93. The Bertz CT molecular complexity index is 887. The minimum Gasteiger partial charge on any atom is -0.396 e. The van der Waals surface area contributed by atoms with Crippen LogP contribution < -0.4 is 10.9 Å². The Labute approximate surface area is 176 Å². The summed E-state index contributed by atoms with van der Waals surface area (Å²) in [6.45, 7) is 0.283. The van der Waals surface area contributed by atoms with Gasteiger partial charge in [-0.1, -0.05) is 25.3 Å². The molecule has 1 aromatic rings. The smallest absolute Gasteiger partial charge is 0.250 e. The summed E-state index contributed by atoms with van der Waals surface area (Å²) in [6.07, 6.45) is 7.96. The molecule has 3 heterocycles. The molecule has 0 bridgehead atoms. The molecule has 2 aliphatic carbocycles. The highest BCUT2D eigenvalue weighted by atomic mass is 16.3. The van der Waals surface area contributed by atoms with Crippen LogP contribution in [0.1, 0.15) is 63.1 Å². The first-order valence-corrected chi connectivity index (χ1v) is 11.5. The summed E-state index contributed by atoms with van der Waals surface area (Å²) in [5.41, 5.74) is 0.708. The molecule has 2 aliphatic heterocycles. The summed E-state index contributed by atoms with van der Waals surface area (Å²) < 4.78 is 1.71. The molecule has 7 heteroatoms. The molecule has 0 unspecified atom stereocenters. The fourth-order valence-electron chi connectivity index (χ4n) is 5.93. The lowest BCUT2D eigenvalue weighted by atomic mass is 9.87. The van der Waals surface area contributed by atoms with Crippen LogP contribution >= 0.6 is 0 Å². The van der Waals surface area contributed by atoms with E-state index in [1.54, 1.807) is 15.5 Å². The van der Waals surface area contributed by atoms with Crippen molar-refractivity contribution in [2.45, 2.75) is 76.0 Å². The highest BCUT2D eigenvalue weighted by Crippen LogP contribution is 2.50. The lowest BCUT2D eigenvalue weighted by Gasteiger charge is -2.33. The third kappa shape index (κ3) is 3.37. The normalized spacial score (nSPS) is 30.8. The van der Waals surface area contributed by atoms with Gasteiger partial charge in [0.15, 0.2) is 0 Å². The first-order valence-electron chi connectivity index (χ1n) is 11.5. The fraction of sp³-hybridized carbons (Fsp3) is 0.696. The predicted molar refractivity (Wildman–Crippen MR) is 110 cm³/mol. The average molecular weight is 414 g/mol. The summed E-state index contributed by atoms with van der Waals surface area (Å²) in [7, 11) is 0. The van der Waals surface area contributed by atoms with E-state index in [1.807, 2.05) is 6.07 Å². The van der Waals surface area contributed by atoms with Gasteiger partial charge in [-0.3, -0.25) is 14.4 Å². The van der Waals surface area contributed by atoms with Crippen molar-refractivity contribution < 1.29 is 14.7 Å². The van der Waals surface area contributed by atoms with Crippen LogP contribution in [0.3, 0.4) is 0 Å².